The van der Waals surface area contributed by atoms with Gasteiger partial charge in [-0.15, -0.1) is 0 Å². The Morgan fingerprint density at radius 1 is 1.43 bits per heavy atom. The maximum atomic E-state index is 14.1. The first-order chi connectivity index (χ1) is 10.9. The third-order valence-electron chi connectivity index (χ3n) is 3.99. The number of rotatable bonds is 6. The summed E-state index contributed by atoms with van der Waals surface area (Å²) in [6, 6.07) is 2.96. The standard InChI is InChI=1S/C17H26FN3O2/c1-11(2)10-23-16-9-15(13(17(19)22)8-14(16)18)20-12-4-6-21(3)7-5-12/h8-9,11-12,20H,4-7,10H2,1-3H3,(H2,19,22). The lowest BCUT2D eigenvalue weighted by Crippen LogP contribution is -2.37. The molecule has 6 heteroatoms. The van der Waals surface area contributed by atoms with E-state index in [1.54, 1.807) is 6.07 Å². The van der Waals surface area contributed by atoms with Gasteiger partial charge in [0.1, 0.15) is 0 Å². The number of benzene rings is 1. The van der Waals surface area contributed by atoms with E-state index in [-0.39, 0.29) is 23.3 Å². The highest BCUT2D eigenvalue weighted by molar-refractivity contribution is 5.98. The molecule has 2 rings (SSSR count). The second-order valence-electron chi connectivity index (χ2n) is 6.62. The molecule has 23 heavy (non-hydrogen) atoms. The molecule has 0 unspecified atom stereocenters. The Bertz CT molecular complexity index is 555. The van der Waals surface area contributed by atoms with Gasteiger partial charge in [-0.05, 0) is 45.0 Å². The van der Waals surface area contributed by atoms with Crippen molar-refractivity contribution in [3.63, 3.8) is 0 Å². The van der Waals surface area contributed by atoms with Crippen LogP contribution in [0.2, 0.25) is 0 Å². The van der Waals surface area contributed by atoms with Crippen molar-refractivity contribution in [2.45, 2.75) is 32.7 Å². The number of likely N-dealkylation sites (tertiary alicyclic amines) is 1. The van der Waals surface area contributed by atoms with Crippen LogP contribution in [0.3, 0.4) is 0 Å². The van der Waals surface area contributed by atoms with Gasteiger partial charge in [-0.25, -0.2) is 4.39 Å². The van der Waals surface area contributed by atoms with Crippen LogP contribution in [-0.4, -0.2) is 43.6 Å². The number of piperidine rings is 1. The smallest absolute Gasteiger partial charge is 0.250 e. The molecule has 3 N–H and O–H groups in total. The van der Waals surface area contributed by atoms with E-state index in [0.717, 1.165) is 32.0 Å². The molecule has 1 aromatic rings. The first kappa shape index (κ1) is 17.5. The van der Waals surface area contributed by atoms with Crippen LogP contribution >= 0.6 is 0 Å². The zero-order valence-corrected chi connectivity index (χ0v) is 14.1. The van der Waals surface area contributed by atoms with Gasteiger partial charge >= 0.3 is 0 Å². The third kappa shape index (κ3) is 4.82. The van der Waals surface area contributed by atoms with E-state index in [1.165, 1.54) is 0 Å². The summed E-state index contributed by atoms with van der Waals surface area (Å²) in [7, 11) is 2.08. The molecule has 1 heterocycles. The number of amides is 1. The lowest BCUT2D eigenvalue weighted by Gasteiger charge is -2.30. The minimum absolute atomic E-state index is 0.152. The van der Waals surface area contributed by atoms with Crippen molar-refractivity contribution in [3.05, 3.63) is 23.5 Å². The monoisotopic (exact) mass is 323 g/mol. The van der Waals surface area contributed by atoms with E-state index < -0.39 is 11.7 Å². The summed E-state index contributed by atoms with van der Waals surface area (Å²) in [5.74, 6) is -0.766. The molecule has 1 fully saturated rings. The van der Waals surface area contributed by atoms with Gasteiger partial charge in [0.2, 0.25) is 0 Å². The number of halogens is 1. The molecule has 1 aliphatic rings. The number of primary amides is 1. The number of carbonyl (C=O) groups is 1. The van der Waals surface area contributed by atoms with E-state index in [2.05, 4.69) is 17.3 Å². The Morgan fingerprint density at radius 3 is 2.65 bits per heavy atom. The van der Waals surface area contributed by atoms with Crippen molar-refractivity contribution >= 4 is 11.6 Å². The maximum absolute atomic E-state index is 14.1. The minimum atomic E-state index is -0.644. The molecule has 128 valence electrons. The predicted octanol–water partition coefficient (Wildman–Crippen LogP) is 2.47. The number of ether oxygens (including phenoxy) is 1. The molecule has 0 aromatic heterocycles. The Morgan fingerprint density at radius 2 is 2.09 bits per heavy atom. The molecule has 0 saturated carbocycles. The average molecular weight is 323 g/mol. The van der Waals surface area contributed by atoms with Crippen LogP contribution in [0.4, 0.5) is 10.1 Å². The summed E-state index contributed by atoms with van der Waals surface area (Å²) < 4.78 is 19.6. The zero-order chi connectivity index (χ0) is 17.0. The Kier molecular flexibility index (Phi) is 5.82. The van der Waals surface area contributed by atoms with Crippen molar-refractivity contribution in [3.8, 4) is 5.75 Å². The SMILES string of the molecule is CC(C)COc1cc(NC2CCN(C)CC2)c(C(N)=O)cc1F. The van der Waals surface area contributed by atoms with Crippen molar-refractivity contribution in [1.29, 1.82) is 0 Å². The molecule has 0 radical (unpaired) electrons. The van der Waals surface area contributed by atoms with E-state index in [4.69, 9.17) is 10.5 Å². The minimum Gasteiger partial charge on any atom is -0.490 e. The first-order valence-electron chi connectivity index (χ1n) is 8.08. The quantitative estimate of drug-likeness (QED) is 0.844. The molecule has 5 nitrogen and oxygen atoms in total. The van der Waals surface area contributed by atoms with E-state index in [9.17, 15) is 9.18 Å². The Hall–Kier alpha value is -1.82. The number of hydrogen-bond donors (Lipinski definition) is 2. The van der Waals surface area contributed by atoms with Crippen LogP contribution in [0, 0.1) is 11.7 Å². The first-order valence-corrected chi connectivity index (χ1v) is 8.08. The Balaban J connectivity index is 2.20. The summed E-state index contributed by atoms with van der Waals surface area (Å²) in [5, 5.41) is 3.33. The van der Waals surface area contributed by atoms with E-state index in [1.807, 2.05) is 13.8 Å². The van der Waals surface area contributed by atoms with Gasteiger partial charge in [0.15, 0.2) is 11.6 Å². The van der Waals surface area contributed by atoms with Crippen LogP contribution in [0.1, 0.15) is 37.0 Å². The molecule has 0 bridgehead atoms. The highest BCUT2D eigenvalue weighted by atomic mass is 19.1. The van der Waals surface area contributed by atoms with Gasteiger partial charge in [0, 0.05) is 12.1 Å². The van der Waals surface area contributed by atoms with Crippen molar-refractivity contribution in [1.82, 2.24) is 4.90 Å². The molecule has 1 aromatic carbocycles. The number of nitrogens with one attached hydrogen (secondary N) is 1. The molecule has 1 amide bonds. The average Bonchev–Trinajstić information content (AvgIpc) is 2.49. The van der Waals surface area contributed by atoms with Crippen LogP contribution in [0.5, 0.6) is 5.75 Å². The molecule has 1 saturated heterocycles. The van der Waals surface area contributed by atoms with Crippen LogP contribution in [-0.2, 0) is 0 Å². The fourth-order valence-electron chi connectivity index (χ4n) is 2.62. The lowest BCUT2D eigenvalue weighted by molar-refractivity contribution is 0.100. The predicted molar refractivity (Wildman–Crippen MR) is 89.4 cm³/mol. The topological polar surface area (TPSA) is 67.6 Å². The summed E-state index contributed by atoms with van der Waals surface area (Å²) in [4.78, 5) is 13.9. The second-order valence-corrected chi connectivity index (χ2v) is 6.62. The second kappa shape index (κ2) is 7.64. The van der Waals surface area contributed by atoms with Gasteiger partial charge in [0.05, 0.1) is 17.9 Å². The zero-order valence-electron chi connectivity index (χ0n) is 14.1. The summed E-state index contributed by atoms with van der Waals surface area (Å²) >= 11 is 0. The molecular formula is C17H26FN3O2. The molecule has 0 spiro atoms. The number of nitrogens with two attached hydrogens (primary N) is 1. The van der Waals surface area contributed by atoms with Crippen LogP contribution < -0.4 is 15.8 Å². The fraction of sp³-hybridized carbons (Fsp3) is 0.588. The van der Waals surface area contributed by atoms with Gasteiger partial charge < -0.3 is 20.7 Å². The van der Waals surface area contributed by atoms with Crippen LogP contribution in [0.25, 0.3) is 0 Å². The van der Waals surface area contributed by atoms with E-state index >= 15 is 0 Å². The van der Waals surface area contributed by atoms with Gasteiger partial charge in [-0.1, -0.05) is 13.8 Å². The van der Waals surface area contributed by atoms with Gasteiger partial charge in [-0.2, -0.15) is 0 Å². The maximum Gasteiger partial charge on any atom is 0.250 e. The van der Waals surface area contributed by atoms with Gasteiger partial charge in [-0.3, -0.25) is 4.79 Å². The lowest BCUT2D eigenvalue weighted by atomic mass is 10.0. The number of hydrogen-bond acceptors (Lipinski definition) is 4. The number of anilines is 1. The van der Waals surface area contributed by atoms with Crippen LogP contribution in [0.15, 0.2) is 12.1 Å². The van der Waals surface area contributed by atoms with Crippen molar-refractivity contribution in [2.24, 2.45) is 11.7 Å². The number of carbonyl (C=O) groups excluding carboxylic acids is 1. The van der Waals surface area contributed by atoms with E-state index in [0.29, 0.717) is 12.3 Å². The van der Waals surface area contributed by atoms with Crippen molar-refractivity contribution < 1.29 is 13.9 Å². The third-order valence-corrected chi connectivity index (χ3v) is 3.99. The summed E-state index contributed by atoms with van der Waals surface area (Å²) in [6.07, 6.45) is 1.93. The van der Waals surface area contributed by atoms with Gasteiger partial charge in [0.25, 0.3) is 5.91 Å². The fourth-order valence-corrected chi connectivity index (χ4v) is 2.62. The highest BCUT2D eigenvalue weighted by Gasteiger charge is 2.20. The van der Waals surface area contributed by atoms with Crippen molar-refractivity contribution in [2.75, 3.05) is 32.1 Å². The molecule has 0 aliphatic carbocycles. The summed E-state index contributed by atoms with van der Waals surface area (Å²) in [5.41, 5.74) is 6.10. The highest BCUT2D eigenvalue weighted by Crippen LogP contribution is 2.28. The normalized spacial score (nSPS) is 16.6. The largest absolute Gasteiger partial charge is 0.490 e. The molecular weight excluding hydrogens is 297 g/mol. The summed E-state index contributed by atoms with van der Waals surface area (Å²) in [6.45, 7) is 6.38. The number of nitrogens with zero attached hydrogens (tertiary/aromatic N) is 1. The Labute approximate surface area is 137 Å². The molecule has 1 aliphatic heterocycles. The molecule has 0 atom stereocenters.